The first-order valence-corrected chi connectivity index (χ1v) is 28.9. The SMILES string of the molecule is CCC(C)[C@H](NC(=O)[C@@H](CCCN=C(N)N)NC(=O)CNC(=O)[C@@H](NC(=O)[C@@H](NC(=O)[C@H](Cc1cnc[nH]1)NC(=O)[C@H](CCc1ccccc1)NC(=O)[C@H](C)NC(=O)[C@@H](N)CCCN=C(N)N)[C@@H](C)O)[C@@H](C)O)C(=O)N(CC(=O)O)C1CCCCC1. The van der Waals surface area contributed by atoms with E-state index in [1.54, 1.807) is 32.0 Å². The van der Waals surface area contributed by atoms with Gasteiger partial charge in [-0.3, -0.25) is 57.9 Å². The number of benzene rings is 1. The number of aliphatic carboxylic acids is 1. The van der Waals surface area contributed by atoms with Crippen LogP contribution in [0, 0.1) is 5.92 Å². The van der Waals surface area contributed by atoms with Gasteiger partial charge in [-0.2, -0.15) is 0 Å². The van der Waals surface area contributed by atoms with Gasteiger partial charge in [-0.1, -0.05) is 69.9 Å². The predicted molar refractivity (Wildman–Crippen MR) is 316 cm³/mol. The maximum atomic E-state index is 14.3. The molecule has 0 bridgehead atoms. The number of aliphatic hydroxyl groups excluding tert-OH is 2. The van der Waals surface area contributed by atoms with E-state index in [1.807, 2.05) is 12.1 Å². The van der Waals surface area contributed by atoms with Crippen molar-refractivity contribution in [3.05, 3.63) is 54.1 Å². The number of aryl methyl sites for hydroxylation is 1. The van der Waals surface area contributed by atoms with E-state index in [-0.39, 0.29) is 69.6 Å². The van der Waals surface area contributed by atoms with Gasteiger partial charge in [0.15, 0.2) is 11.9 Å². The zero-order valence-corrected chi connectivity index (χ0v) is 49.6. The van der Waals surface area contributed by atoms with E-state index in [0.717, 1.165) is 38.7 Å². The second-order valence-corrected chi connectivity index (χ2v) is 21.5. The van der Waals surface area contributed by atoms with Crippen molar-refractivity contribution in [2.45, 2.75) is 185 Å². The number of hydrogen-bond acceptors (Lipinski definition) is 16. The molecule has 478 valence electrons. The maximum Gasteiger partial charge on any atom is 0.323 e. The summed E-state index contributed by atoms with van der Waals surface area (Å²) < 4.78 is 0. The summed E-state index contributed by atoms with van der Waals surface area (Å²) in [4.78, 5) is 152. The van der Waals surface area contributed by atoms with E-state index in [2.05, 4.69) is 62.5 Å². The molecule has 0 aliphatic heterocycles. The largest absolute Gasteiger partial charge is 0.480 e. The van der Waals surface area contributed by atoms with Crippen molar-refractivity contribution < 1.29 is 63.3 Å². The summed E-state index contributed by atoms with van der Waals surface area (Å²) in [5.74, 6) is -9.92. The second kappa shape index (κ2) is 37.1. The number of nitrogens with zero attached hydrogens (tertiary/aromatic N) is 4. The number of rotatable bonds is 37. The quantitative estimate of drug-likeness (QED) is 0.0173. The Kier molecular flexibility index (Phi) is 31.0. The van der Waals surface area contributed by atoms with Crippen LogP contribution in [0.25, 0.3) is 0 Å². The fraction of sp³-hybridized carbons (Fsp3) is 0.618. The van der Waals surface area contributed by atoms with Crippen LogP contribution in [0.15, 0.2) is 52.8 Å². The zero-order valence-electron chi connectivity index (χ0n) is 49.6. The van der Waals surface area contributed by atoms with Gasteiger partial charge in [0.1, 0.15) is 48.8 Å². The number of carboxylic acids is 1. The molecule has 31 nitrogen and oxygen atoms in total. The molecular formula is C55H90N18O13. The molecule has 1 aliphatic rings. The number of hydrogen-bond donors (Lipinski definition) is 17. The minimum atomic E-state index is -1.85. The third-order valence-electron chi connectivity index (χ3n) is 14.4. The summed E-state index contributed by atoms with van der Waals surface area (Å²) in [7, 11) is 0. The van der Waals surface area contributed by atoms with Crippen LogP contribution >= 0.6 is 0 Å². The molecule has 3 rings (SSSR count). The van der Waals surface area contributed by atoms with Crippen LogP contribution in [0.2, 0.25) is 0 Å². The molecule has 1 aromatic heterocycles. The van der Waals surface area contributed by atoms with Crippen molar-refractivity contribution in [1.29, 1.82) is 0 Å². The highest BCUT2D eigenvalue weighted by Gasteiger charge is 2.38. The highest BCUT2D eigenvalue weighted by molar-refractivity contribution is 5.98. The minimum Gasteiger partial charge on any atom is -0.480 e. The van der Waals surface area contributed by atoms with Crippen molar-refractivity contribution in [3.63, 3.8) is 0 Å². The van der Waals surface area contributed by atoms with Gasteiger partial charge in [0.2, 0.25) is 53.2 Å². The van der Waals surface area contributed by atoms with Crippen molar-refractivity contribution in [2.24, 2.45) is 44.6 Å². The van der Waals surface area contributed by atoms with Crippen LogP contribution in [-0.2, 0) is 60.8 Å². The van der Waals surface area contributed by atoms with Gasteiger partial charge in [0, 0.05) is 37.4 Å². The molecule has 1 aliphatic carbocycles. The average Bonchev–Trinajstić information content (AvgIpc) is 2.32. The van der Waals surface area contributed by atoms with Gasteiger partial charge in [0.05, 0.1) is 31.1 Å². The molecule has 0 spiro atoms. The molecular weight excluding hydrogens is 1120 g/mol. The topological polar surface area (TPSA) is 514 Å². The molecule has 1 saturated carbocycles. The highest BCUT2D eigenvalue weighted by atomic mass is 16.4. The first kappa shape index (κ1) is 71.8. The summed E-state index contributed by atoms with van der Waals surface area (Å²) in [5, 5.41) is 51.5. The number of carboxylic acid groups (broad SMARTS) is 1. The van der Waals surface area contributed by atoms with E-state index in [9.17, 15) is 63.3 Å². The summed E-state index contributed by atoms with van der Waals surface area (Å²) in [5.41, 5.74) is 28.9. The number of nitrogens with two attached hydrogens (primary N) is 5. The Morgan fingerprint density at radius 3 is 1.78 bits per heavy atom. The number of aliphatic hydroxyl groups is 2. The zero-order chi connectivity index (χ0) is 64.0. The van der Waals surface area contributed by atoms with E-state index >= 15 is 0 Å². The van der Waals surface area contributed by atoms with Gasteiger partial charge in [-0.25, -0.2) is 4.98 Å². The first-order valence-electron chi connectivity index (χ1n) is 28.9. The van der Waals surface area contributed by atoms with Crippen molar-refractivity contribution in [2.75, 3.05) is 26.2 Å². The van der Waals surface area contributed by atoms with Crippen LogP contribution < -0.4 is 71.2 Å². The fourth-order valence-electron chi connectivity index (χ4n) is 9.30. The molecule has 31 heteroatoms. The highest BCUT2D eigenvalue weighted by Crippen LogP contribution is 2.25. The van der Waals surface area contributed by atoms with Crippen LogP contribution in [0.1, 0.15) is 117 Å². The lowest BCUT2D eigenvalue weighted by Gasteiger charge is -2.37. The Bertz CT molecular complexity index is 2590. The van der Waals surface area contributed by atoms with Crippen LogP contribution in [0.5, 0.6) is 0 Å². The maximum absolute atomic E-state index is 14.3. The number of carbonyl (C=O) groups excluding carboxylic acids is 9. The van der Waals surface area contributed by atoms with Gasteiger partial charge < -0.3 is 96.4 Å². The summed E-state index contributed by atoms with van der Waals surface area (Å²) in [6, 6.07) is -2.60. The number of aromatic amines is 1. The van der Waals surface area contributed by atoms with Gasteiger partial charge in [-0.15, -0.1) is 0 Å². The molecule has 1 unspecified atom stereocenters. The standard InChI is InChI=1S/C55H90N18O13/c1-6-30(2)43(53(86)73(28-42(77)78)36-17-11-8-12-18-36)70-49(82)38(20-14-24-63-55(59)60)67-41(76)27-64-51(84)44(32(4)74)72-52(85)45(33(5)75)71-50(83)40(25-35-26-61-29-65-35)69-48(81)39(22-21-34-15-9-7-10-16-34)68-46(79)31(3)66-47(80)37(56)19-13-23-62-54(57)58/h7,9-10,15-16,26,29-33,36-40,43-45,74-75H,6,8,11-14,17-25,27-28,56H2,1-5H3,(H,61,65)(H,64,84)(H,66,80)(H,67,76)(H,68,79)(H,69,81)(H,70,82)(H,71,83)(H,72,85)(H,77,78)(H4,57,58,62)(H4,59,60,63)/t30?,31-,32+,33+,37-,38+,39-,40-,43-,44-,45-/m0/s1. The average molecular weight is 1210 g/mol. The molecule has 1 fully saturated rings. The number of imidazole rings is 1. The number of nitrogens with one attached hydrogen (secondary N) is 9. The summed E-state index contributed by atoms with van der Waals surface area (Å²) >= 11 is 0. The van der Waals surface area contributed by atoms with E-state index < -0.39 is 139 Å². The van der Waals surface area contributed by atoms with Gasteiger partial charge in [-0.05, 0) is 83.6 Å². The Hall–Kier alpha value is -8.45. The lowest BCUT2D eigenvalue weighted by molar-refractivity contribution is -0.149. The number of amides is 9. The van der Waals surface area contributed by atoms with Crippen LogP contribution in [0.3, 0.4) is 0 Å². The van der Waals surface area contributed by atoms with Gasteiger partial charge in [0.25, 0.3) is 0 Å². The second-order valence-electron chi connectivity index (χ2n) is 21.5. The Balaban J connectivity index is 1.79. The lowest BCUT2D eigenvalue weighted by Crippen LogP contribution is -2.62. The molecule has 2 aromatic rings. The number of aliphatic imine (C=N–C) groups is 2. The molecule has 0 radical (unpaired) electrons. The Labute approximate surface area is 499 Å². The number of H-pyrrole nitrogens is 1. The molecule has 22 N–H and O–H groups in total. The predicted octanol–water partition coefficient (Wildman–Crippen LogP) is -4.40. The minimum absolute atomic E-state index is 0.00253. The summed E-state index contributed by atoms with van der Waals surface area (Å²) in [6.07, 6.45) is 4.17. The third-order valence-corrected chi connectivity index (χ3v) is 14.4. The summed E-state index contributed by atoms with van der Waals surface area (Å²) in [6.45, 7) is 6.08. The van der Waals surface area contributed by atoms with E-state index in [4.69, 9.17) is 28.7 Å². The Morgan fingerprint density at radius 2 is 1.21 bits per heavy atom. The number of guanidine groups is 2. The molecule has 9 amide bonds. The lowest BCUT2D eigenvalue weighted by atomic mass is 9.91. The molecule has 1 heterocycles. The van der Waals surface area contributed by atoms with E-state index in [1.165, 1.54) is 24.3 Å². The smallest absolute Gasteiger partial charge is 0.323 e. The fourth-order valence-corrected chi connectivity index (χ4v) is 9.30. The normalized spacial score (nSPS) is 16.1. The van der Waals surface area contributed by atoms with Crippen molar-refractivity contribution >= 4 is 71.1 Å². The molecule has 11 atom stereocenters. The molecule has 86 heavy (non-hydrogen) atoms. The number of carbonyl (C=O) groups is 10. The monoisotopic (exact) mass is 1210 g/mol. The van der Waals surface area contributed by atoms with Crippen molar-refractivity contribution in [1.82, 2.24) is 57.4 Å². The van der Waals surface area contributed by atoms with Crippen LogP contribution in [0.4, 0.5) is 0 Å². The third kappa shape index (κ3) is 25.4. The molecule has 1 aromatic carbocycles. The van der Waals surface area contributed by atoms with Gasteiger partial charge >= 0.3 is 5.97 Å². The first-order chi connectivity index (χ1) is 40.7. The Morgan fingerprint density at radius 1 is 0.663 bits per heavy atom. The molecule has 0 saturated heterocycles. The van der Waals surface area contributed by atoms with Crippen molar-refractivity contribution in [3.8, 4) is 0 Å². The van der Waals surface area contributed by atoms with E-state index in [0.29, 0.717) is 31.4 Å². The van der Waals surface area contributed by atoms with Crippen LogP contribution in [-0.4, -0.2) is 194 Å². The number of aromatic nitrogens is 2.